The molecule has 0 radical (unpaired) electrons. The van der Waals surface area contributed by atoms with E-state index >= 15 is 0 Å². The fraction of sp³-hybridized carbons (Fsp3) is 0.545. The lowest BCUT2D eigenvalue weighted by molar-refractivity contribution is -0.152. The number of amides is 1. The maximum atomic E-state index is 13.2. The van der Waals surface area contributed by atoms with Crippen molar-refractivity contribution in [2.75, 3.05) is 31.6 Å². The molecule has 2 atom stereocenters. The summed E-state index contributed by atoms with van der Waals surface area (Å²) in [7, 11) is 1.38. The zero-order valence-corrected chi connectivity index (χ0v) is 17.4. The number of likely N-dealkylation sites (tertiary alicyclic amines) is 1. The molecule has 7 heteroatoms. The summed E-state index contributed by atoms with van der Waals surface area (Å²) in [5.41, 5.74) is 3.05. The third-order valence-corrected chi connectivity index (χ3v) is 6.09. The van der Waals surface area contributed by atoms with Crippen molar-refractivity contribution in [3.63, 3.8) is 0 Å². The number of fused-ring (bicyclic) bond motifs is 1. The van der Waals surface area contributed by atoms with Gasteiger partial charge in [0.25, 0.3) is 0 Å². The first-order valence-corrected chi connectivity index (χ1v) is 10.4. The van der Waals surface area contributed by atoms with Crippen LogP contribution < -0.4 is 4.90 Å². The molecule has 1 aromatic carbocycles. The molecule has 2 saturated heterocycles. The third kappa shape index (κ3) is 3.78. The third-order valence-electron chi connectivity index (χ3n) is 6.09. The van der Waals surface area contributed by atoms with Crippen molar-refractivity contribution in [3.8, 4) is 0 Å². The van der Waals surface area contributed by atoms with Crippen LogP contribution in [0.15, 0.2) is 18.2 Å². The molecule has 7 nitrogen and oxygen atoms in total. The van der Waals surface area contributed by atoms with Crippen molar-refractivity contribution >= 4 is 28.7 Å². The molecular weight excluding hydrogens is 368 g/mol. The molecule has 0 aliphatic carbocycles. The van der Waals surface area contributed by atoms with Gasteiger partial charge < -0.3 is 14.5 Å². The van der Waals surface area contributed by atoms with Crippen LogP contribution in [0, 0.1) is 19.8 Å². The van der Waals surface area contributed by atoms with Crippen LogP contribution in [0.25, 0.3) is 10.9 Å². The maximum Gasteiger partial charge on any atom is 0.328 e. The minimum atomic E-state index is -0.440. The molecule has 154 valence electrons. The molecule has 1 aromatic heterocycles. The minimum absolute atomic E-state index is 0.0518. The highest BCUT2D eigenvalue weighted by Gasteiger charge is 2.39. The fourth-order valence-corrected chi connectivity index (χ4v) is 4.53. The maximum absolute atomic E-state index is 13.2. The summed E-state index contributed by atoms with van der Waals surface area (Å²) in [4.78, 5) is 38.6. The number of aromatic nitrogens is 2. The summed E-state index contributed by atoms with van der Waals surface area (Å²) in [6.45, 7) is 6.10. The smallest absolute Gasteiger partial charge is 0.328 e. The van der Waals surface area contributed by atoms with Gasteiger partial charge in [0, 0.05) is 25.0 Å². The average Bonchev–Trinajstić information content (AvgIpc) is 3.22. The summed E-state index contributed by atoms with van der Waals surface area (Å²) in [6.07, 6.45) is 3.25. The Hall–Kier alpha value is -2.70. The van der Waals surface area contributed by atoms with E-state index in [1.54, 1.807) is 4.90 Å². The number of benzene rings is 1. The first-order valence-electron chi connectivity index (χ1n) is 10.4. The van der Waals surface area contributed by atoms with E-state index in [1.807, 2.05) is 6.92 Å². The Balaban J connectivity index is 1.55. The zero-order chi connectivity index (χ0) is 20.5. The van der Waals surface area contributed by atoms with E-state index in [-0.39, 0.29) is 17.8 Å². The Labute approximate surface area is 171 Å². The Bertz CT molecular complexity index is 945. The van der Waals surface area contributed by atoms with Gasteiger partial charge in [-0.2, -0.15) is 0 Å². The number of hydrogen-bond acceptors (Lipinski definition) is 6. The fourth-order valence-electron chi connectivity index (χ4n) is 4.53. The summed E-state index contributed by atoms with van der Waals surface area (Å²) >= 11 is 0. The van der Waals surface area contributed by atoms with Gasteiger partial charge >= 0.3 is 5.97 Å². The Morgan fingerprint density at radius 3 is 2.69 bits per heavy atom. The van der Waals surface area contributed by atoms with Crippen molar-refractivity contribution < 1.29 is 14.3 Å². The van der Waals surface area contributed by atoms with Crippen LogP contribution in [0.1, 0.15) is 36.9 Å². The molecule has 0 saturated carbocycles. The zero-order valence-electron chi connectivity index (χ0n) is 17.4. The number of carbonyl (C=O) groups is 2. The van der Waals surface area contributed by atoms with Gasteiger partial charge in [0.15, 0.2) is 0 Å². The van der Waals surface area contributed by atoms with E-state index in [9.17, 15) is 9.59 Å². The van der Waals surface area contributed by atoms with E-state index in [2.05, 4.69) is 30.0 Å². The lowest BCUT2D eigenvalue weighted by Gasteiger charge is -2.35. The van der Waals surface area contributed by atoms with E-state index < -0.39 is 6.04 Å². The number of piperidine rings is 1. The molecular formula is C22H28N4O3. The number of ether oxygens (including phenoxy) is 1. The molecule has 2 fully saturated rings. The van der Waals surface area contributed by atoms with E-state index in [0.29, 0.717) is 25.5 Å². The summed E-state index contributed by atoms with van der Waals surface area (Å²) in [6, 6.07) is 5.77. The lowest BCUT2D eigenvalue weighted by atomic mass is 9.96. The number of rotatable bonds is 3. The van der Waals surface area contributed by atoms with E-state index in [4.69, 9.17) is 14.7 Å². The van der Waals surface area contributed by atoms with Crippen LogP contribution in [-0.4, -0.2) is 59.5 Å². The van der Waals surface area contributed by atoms with Gasteiger partial charge in [0.2, 0.25) is 11.9 Å². The Morgan fingerprint density at radius 2 is 1.90 bits per heavy atom. The molecule has 0 bridgehead atoms. The van der Waals surface area contributed by atoms with E-state index in [0.717, 1.165) is 48.0 Å². The number of methoxy groups -OCH3 is 1. The number of esters is 1. The van der Waals surface area contributed by atoms with Crippen molar-refractivity contribution in [1.82, 2.24) is 14.9 Å². The van der Waals surface area contributed by atoms with Crippen molar-refractivity contribution in [2.45, 2.75) is 45.6 Å². The summed E-state index contributed by atoms with van der Waals surface area (Å²) < 4.78 is 4.89. The van der Waals surface area contributed by atoms with Crippen molar-refractivity contribution in [1.29, 1.82) is 0 Å². The summed E-state index contributed by atoms with van der Waals surface area (Å²) in [5, 5.41) is 1.06. The van der Waals surface area contributed by atoms with Crippen LogP contribution in [0.2, 0.25) is 0 Å². The number of carbonyl (C=O) groups excluding carboxylic acids is 2. The quantitative estimate of drug-likeness (QED) is 0.743. The molecule has 2 aliphatic heterocycles. The van der Waals surface area contributed by atoms with Crippen molar-refractivity contribution in [3.05, 3.63) is 29.5 Å². The van der Waals surface area contributed by atoms with Crippen LogP contribution in [-0.2, 0) is 14.3 Å². The van der Waals surface area contributed by atoms with Crippen LogP contribution >= 0.6 is 0 Å². The van der Waals surface area contributed by atoms with Gasteiger partial charge in [-0.05, 0) is 51.2 Å². The Kier molecular flexibility index (Phi) is 5.39. The molecule has 0 spiro atoms. The largest absolute Gasteiger partial charge is 0.467 e. The highest BCUT2D eigenvalue weighted by atomic mass is 16.5. The second-order valence-corrected chi connectivity index (χ2v) is 8.13. The lowest BCUT2D eigenvalue weighted by Crippen LogP contribution is -2.48. The van der Waals surface area contributed by atoms with Gasteiger partial charge in [0.1, 0.15) is 6.04 Å². The Morgan fingerprint density at radius 1 is 1.10 bits per heavy atom. The number of nitrogens with zero attached hydrogens (tertiary/aromatic N) is 4. The minimum Gasteiger partial charge on any atom is -0.467 e. The van der Waals surface area contributed by atoms with Gasteiger partial charge in [0.05, 0.1) is 24.2 Å². The van der Waals surface area contributed by atoms with Gasteiger partial charge in [-0.25, -0.2) is 14.8 Å². The molecule has 0 unspecified atom stereocenters. The predicted molar refractivity (Wildman–Crippen MR) is 111 cm³/mol. The monoisotopic (exact) mass is 396 g/mol. The molecule has 4 rings (SSSR count). The first-order chi connectivity index (χ1) is 14.0. The number of hydrogen-bond donors (Lipinski definition) is 0. The second kappa shape index (κ2) is 7.97. The molecule has 1 amide bonds. The number of anilines is 1. The topological polar surface area (TPSA) is 75.6 Å². The predicted octanol–water partition coefficient (Wildman–Crippen LogP) is 2.63. The van der Waals surface area contributed by atoms with Crippen molar-refractivity contribution in [2.24, 2.45) is 5.92 Å². The highest BCUT2D eigenvalue weighted by Crippen LogP contribution is 2.28. The second-order valence-electron chi connectivity index (χ2n) is 8.13. The normalized spacial score (nSPS) is 22.2. The van der Waals surface area contributed by atoms with Gasteiger partial charge in [-0.3, -0.25) is 4.79 Å². The first kappa shape index (κ1) is 19.6. The molecule has 2 aliphatic rings. The standard InChI is InChI=1S/C22H28N4O3/c1-14-8-9-17-15(2)23-22(24-18(17)12-14)25-10-4-6-16(13-25)20(27)26-11-5-7-19(26)21(28)29-3/h8-9,12,16,19H,4-7,10-11,13H2,1-3H3/t16-,19+/m1/s1. The molecule has 3 heterocycles. The molecule has 0 N–H and O–H groups in total. The van der Waals surface area contributed by atoms with Gasteiger partial charge in [-0.1, -0.05) is 12.1 Å². The molecule has 2 aromatic rings. The van der Waals surface area contributed by atoms with Gasteiger partial charge in [-0.15, -0.1) is 0 Å². The van der Waals surface area contributed by atoms with Crippen LogP contribution in [0.5, 0.6) is 0 Å². The van der Waals surface area contributed by atoms with Crippen LogP contribution in [0.3, 0.4) is 0 Å². The SMILES string of the molecule is COC(=O)[C@@H]1CCCN1C(=O)[C@@H]1CCCN(c2nc(C)c3ccc(C)cc3n2)C1. The van der Waals surface area contributed by atoms with E-state index in [1.165, 1.54) is 7.11 Å². The summed E-state index contributed by atoms with van der Waals surface area (Å²) in [5.74, 6) is 0.276. The molecule has 29 heavy (non-hydrogen) atoms. The number of aryl methyl sites for hydroxylation is 2. The average molecular weight is 396 g/mol. The van der Waals surface area contributed by atoms with Crippen LogP contribution in [0.4, 0.5) is 5.95 Å². The highest BCUT2D eigenvalue weighted by molar-refractivity contribution is 5.87.